The van der Waals surface area contributed by atoms with E-state index in [-0.39, 0.29) is 29.2 Å². The lowest BCUT2D eigenvalue weighted by Gasteiger charge is -2.19. The second kappa shape index (κ2) is 8.50. The highest BCUT2D eigenvalue weighted by atomic mass is 32.2. The van der Waals surface area contributed by atoms with E-state index < -0.39 is 10.0 Å². The Labute approximate surface area is 165 Å². The molecular formula is C19H27N3O3S2. The number of carbonyl (C=O) groups excluding carboxylic acids is 1. The lowest BCUT2D eigenvalue weighted by Crippen LogP contribution is -2.28. The fraction of sp³-hybridized carbons (Fsp3) is 0.474. The van der Waals surface area contributed by atoms with Crippen LogP contribution in [0.5, 0.6) is 0 Å². The average Bonchev–Trinajstić information content (AvgIpc) is 3.02. The maximum absolute atomic E-state index is 12.4. The molecule has 0 atom stereocenters. The second-order valence-electron chi connectivity index (χ2n) is 7.70. The van der Waals surface area contributed by atoms with E-state index in [4.69, 9.17) is 0 Å². The largest absolute Gasteiger partial charge is 0.302 e. The molecule has 0 bridgehead atoms. The van der Waals surface area contributed by atoms with E-state index in [0.29, 0.717) is 11.0 Å². The van der Waals surface area contributed by atoms with Gasteiger partial charge in [-0.25, -0.2) is 18.1 Å². The summed E-state index contributed by atoms with van der Waals surface area (Å²) in [5.74, 6) is 0.0221. The summed E-state index contributed by atoms with van der Waals surface area (Å²) in [5.41, 5.74) is 1.94. The molecule has 27 heavy (non-hydrogen) atoms. The molecule has 8 heteroatoms. The summed E-state index contributed by atoms with van der Waals surface area (Å²) in [7, 11) is -3.64. The Morgan fingerprint density at radius 3 is 2.33 bits per heavy atom. The first-order valence-corrected chi connectivity index (χ1v) is 11.2. The molecule has 1 aromatic carbocycles. The number of nitrogens with zero attached hydrogens (tertiary/aromatic N) is 1. The third-order valence-corrected chi connectivity index (χ3v) is 6.29. The second-order valence-corrected chi connectivity index (χ2v) is 10.3. The quantitative estimate of drug-likeness (QED) is 0.726. The van der Waals surface area contributed by atoms with E-state index in [1.54, 1.807) is 12.1 Å². The van der Waals surface area contributed by atoms with Gasteiger partial charge in [0.15, 0.2) is 5.13 Å². The predicted octanol–water partition coefficient (Wildman–Crippen LogP) is 3.87. The van der Waals surface area contributed by atoms with Crippen molar-refractivity contribution in [3.05, 3.63) is 40.9 Å². The van der Waals surface area contributed by atoms with Crippen LogP contribution >= 0.6 is 11.3 Å². The Morgan fingerprint density at radius 2 is 1.81 bits per heavy atom. The normalized spacial score (nSPS) is 12.4. The van der Waals surface area contributed by atoms with Gasteiger partial charge in [0.05, 0.1) is 10.6 Å². The molecule has 2 N–H and O–H groups in total. The van der Waals surface area contributed by atoms with Crippen molar-refractivity contribution in [2.45, 2.75) is 57.3 Å². The van der Waals surface area contributed by atoms with Crippen LogP contribution in [-0.2, 0) is 20.2 Å². The minimum Gasteiger partial charge on any atom is -0.302 e. The molecule has 0 spiro atoms. The Balaban J connectivity index is 1.88. The van der Waals surface area contributed by atoms with Crippen molar-refractivity contribution in [2.75, 3.05) is 11.9 Å². The number of hydrogen-bond donors (Lipinski definition) is 2. The zero-order chi connectivity index (χ0) is 20.2. The number of carbonyl (C=O) groups is 1. The fourth-order valence-corrected chi connectivity index (χ4v) is 4.23. The number of nitrogens with one attached hydrogen (secondary N) is 2. The average molecular weight is 410 g/mol. The Morgan fingerprint density at radius 1 is 1.19 bits per heavy atom. The third-order valence-electron chi connectivity index (χ3n) is 4.03. The molecule has 1 aromatic heterocycles. The molecule has 0 saturated heterocycles. The lowest BCUT2D eigenvalue weighted by atomic mass is 9.87. The van der Waals surface area contributed by atoms with Crippen molar-refractivity contribution in [1.29, 1.82) is 0 Å². The van der Waals surface area contributed by atoms with Crippen LogP contribution in [0, 0.1) is 0 Å². The highest BCUT2D eigenvalue weighted by molar-refractivity contribution is 7.89. The van der Waals surface area contributed by atoms with Gasteiger partial charge in [-0.2, -0.15) is 0 Å². The monoisotopic (exact) mass is 409 g/mol. The summed E-state index contributed by atoms with van der Waals surface area (Å²) in [5, 5.41) is 5.14. The van der Waals surface area contributed by atoms with E-state index >= 15 is 0 Å². The van der Waals surface area contributed by atoms with Crippen molar-refractivity contribution >= 4 is 32.4 Å². The SMILES string of the molecule is CC(C)c1csc(NC(=O)CCNS(=O)(=O)c2ccc(C(C)(C)C)cc2)n1. The molecular weight excluding hydrogens is 382 g/mol. The van der Waals surface area contributed by atoms with Gasteiger partial charge < -0.3 is 5.32 Å². The summed E-state index contributed by atoms with van der Waals surface area (Å²) >= 11 is 1.36. The van der Waals surface area contributed by atoms with Crippen molar-refractivity contribution < 1.29 is 13.2 Å². The number of sulfonamides is 1. The van der Waals surface area contributed by atoms with Crippen LogP contribution < -0.4 is 10.0 Å². The highest BCUT2D eigenvalue weighted by Crippen LogP contribution is 2.23. The first-order chi connectivity index (χ1) is 12.5. The molecule has 0 radical (unpaired) electrons. The Hall–Kier alpha value is -1.77. The molecule has 2 aromatic rings. The minimum atomic E-state index is -3.64. The minimum absolute atomic E-state index is 0.0254. The summed E-state index contributed by atoms with van der Waals surface area (Å²) < 4.78 is 27.2. The van der Waals surface area contributed by atoms with Crippen LogP contribution in [0.2, 0.25) is 0 Å². The third kappa shape index (κ3) is 6.12. The summed E-state index contributed by atoms with van der Waals surface area (Å²) in [4.78, 5) is 16.5. The van der Waals surface area contributed by atoms with E-state index in [0.717, 1.165) is 11.3 Å². The Bertz CT molecular complexity index is 880. The number of amides is 1. The first-order valence-electron chi connectivity index (χ1n) is 8.84. The fourth-order valence-electron chi connectivity index (χ4n) is 2.31. The molecule has 0 saturated carbocycles. The molecule has 1 amide bonds. The summed E-state index contributed by atoms with van der Waals surface area (Å²) in [6, 6.07) is 6.81. The van der Waals surface area contributed by atoms with Crippen molar-refractivity contribution in [2.24, 2.45) is 0 Å². The van der Waals surface area contributed by atoms with E-state index in [1.807, 2.05) is 31.4 Å². The standard InChI is InChI=1S/C19H27N3O3S2/c1-13(2)16-12-26-18(21-16)22-17(23)10-11-20-27(24,25)15-8-6-14(7-9-15)19(3,4)5/h6-9,12-13,20H,10-11H2,1-5H3,(H,21,22,23). The van der Waals surface area contributed by atoms with Gasteiger partial charge in [0, 0.05) is 18.3 Å². The van der Waals surface area contributed by atoms with Crippen molar-refractivity contribution in [3.63, 3.8) is 0 Å². The van der Waals surface area contributed by atoms with E-state index in [1.165, 1.54) is 11.3 Å². The zero-order valence-electron chi connectivity index (χ0n) is 16.4. The molecule has 1 heterocycles. The summed E-state index contributed by atoms with van der Waals surface area (Å²) in [6.45, 7) is 10.3. The molecule has 0 aliphatic rings. The molecule has 148 valence electrons. The number of benzene rings is 1. The lowest BCUT2D eigenvalue weighted by molar-refractivity contribution is -0.116. The molecule has 6 nitrogen and oxygen atoms in total. The van der Waals surface area contributed by atoms with Crippen LogP contribution in [0.3, 0.4) is 0 Å². The molecule has 0 aliphatic carbocycles. The summed E-state index contributed by atoms with van der Waals surface area (Å²) in [6.07, 6.45) is 0.0376. The Kier molecular flexibility index (Phi) is 6.77. The molecule has 2 rings (SSSR count). The maximum Gasteiger partial charge on any atom is 0.240 e. The topological polar surface area (TPSA) is 88.2 Å². The molecule has 0 unspecified atom stereocenters. The van der Waals surface area contributed by atoms with E-state index in [2.05, 4.69) is 35.8 Å². The number of hydrogen-bond acceptors (Lipinski definition) is 5. The van der Waals surface area contributed by atoms with Crippen LogP contribution in [0.4, 0.5) is 5.13 Å². The number of aromatic nitrogens is 1. The van der Waals surface area contributed by atoms with Gasteiger partial charge in [-0.1, -0.05) is 46.8 Å². The predicted molar refractivity (Wildman–Crippen MR) is 110 cm³/mol. The zero-order valence-corrected chi connectivity index (χ0v) is 18.0. The van der Waals surface area contributed by atoms with Gasteiger partial charge in [0.25, 0.3) is 0 Å². The van der Waals surface area contributed by atoms with Gasteiger partial charge in [0.1, 0.15) is 0 Å². The first kappa shape index (κ1) is 21.5. The van der Waals surface area contributed by atoms with Crippen LogP contribution in [0.15, 0.2) is 34.5 Å². The van der Waals surface area contributed by atoms with Crippen LogP contribution in [0.1, 0.15) is 58.2 Å². The number of rotatable bonds is 7. The molecule has 0 aliphatic heterocycles. The van der Waals surface area contributed by atoms with Gasteiger partial charge >= 0.3 is 0 Å². The van der Waals surface area contributed by atoms with Crippen molar-refractivity contribution in [3.8, 4) is 0 Å². The highest BCUT2D eigenvalue weighted by Gasteiger charge is 2.18. The van der Waals surface area contributed by atoms with Gasteiger partial charge in [-0.3, -0.25) is 4.79 Å². The van der Waals surface area contributed by atoms with Gasteiger partial charge in [0.2, 0.25) is 15.9 Å². The van der Waals surface area contributed by atoms with Gasteiger partial charge in [-0.15, -0.1) is 11.3 Å². The van der Waals surface area contributed by atoms with Crippen LogP contribution in [0.25, 0.3) is 0 Å². The van der Waals surface area contributed by atoms with Crippen LogP contribution in [-0.4, -0.2) is 25.9 Å². The van der Waals surface area contributed by atoms with E-state index in [9.17, 15) is 13.2 Å². The smallest absolute Gasteiger partial charge is 0.240 e. The van der Waals surface area contributed by atoms with Gasteiger partial charge in [-0.05, 0) is 29.0 Å². The van der Waals surface area contributed by atoms with Crippen molar-refractivity contribution in [1.82, 2.24) is 9.71 Å². The maximum atomic E-state index is 12.4. The number of thiazole rings is 1. The number of anilines is 1. The molecule has 0 fully saturated rings.